The molecule has 0 aromatic heterocycles. The zero-order valence-electron chi connectivity index (χ0n) is 89.9. The molecule has 0 radical (unpaired) electrons. The first-order valence-corrected chi connectivity index (χ1v) is 62.2. The molecule has 17 heteroatoms. The summed E-state index contributed by atoms with van der Waals surface area (Å²) in [4.78, 5) is 0. The fourth-order valence-electron chi connectivity index (χ4n) is 17.1. The molecule has 0 fully saturated rings. The summed E-state index contributed by atoms with van der Waals surface area (Å²) in [5.74, 6) is 0. The molecule has 0 amide bonds. The highest BCUT2D eigenvalue weighted by molar-refractivity contribution is 7.29. The van der Waals surface area contributed by atoms with Crippen LogP contribution in [-0.2, 0) is 49.3 Å². The highest BCUT2D eigenvalue weighted by Gasteiger charge is 2.14. The van der Waals surface area contributed by atoms with Crippen molar-refractivity contribution in [2.24, 2.45) is 0 Å². The van der Waals surface area contributed by atoms with Gasteiger partial charge in [0.05, 0.1) is 0 Å². The molecule has 768 valence electrons. The summed E-state index contributed by atoms with van der Waals surface area (Å²) in [5, 5.41) is 11.3. The van der Waals surface area contributed by atoms with Crippen molar-refractivity contribution >= 4 is 205 Å². The molecule has 18 aromatic carbocycles. The second-order valence-corrected chi connectivity index (χ2v) is 47.6. The first-order chi connectivity index (χ1) is 71.2. The second-order valence-electron chi connectivity index (χ2n) is 38.5. The molecule has 0 N–H and O–H groups in total. The molecular weight excluding hydrogens is 2110 g/mol. The van der Waals surface area contributed by atoms with Crippen LogP contribution >= 0.6 is 157 Å². The van der Waals surface area contributed by atoms with E-state index in [0.29, 0.717) is 0 Å². The minimum atomic E-state index is 1.01. The summed E-state index contributed by atoms with van der Waals surface area (Å²) in [6.45, 7) is 34.4. The average Bonchev–Trinajstić information content (AvgIpc) is 0.822. The van der Waals surface area contributed by atoms with Gasteiger partial charge in [-0.2, -0.15) is 0 Å². The molecule has 18 rings (SSSR count). The van der Waals surface area contributed by atoms with Crippen LogP contribution in [0, 0.1) is 111 Å². The Bertz CT molecular complexity index is 7190. The van der Waals surface area contributed by atoms with E-state index in [-0.39, 0.29) is 0 Å². The average molecular weight is 2270 g/mol. The SMILES string of the molecule is Cc1cc(-c2cc(CP)cc(CP)c2)ccc1P.Cc1cc(-c2ccc(CP)c(CP)c2)ccc1P.Cc1cc(P)ccc1-c1cc(CP)cc(CP)c1.Cc1cc(P)ccc1-c1ccc(CP)c(CP)c1.Cc1ccc(-c2ccc(P)c(C)c2)cc1C.Cc1ccc(-c2ccc(P)c(C)c2)cc1C.Cc1ccc(-c2ccc(P)cc2)c(C)c1.Cc1ccc(-c2ccc(P)cc2)cc1C.Cc1ccc(-c2ccc(P)cc2C)cc1. The van der Waals surface area contributed by atoms with E-state index in [4.69, 9.17) is 0 Å². The number of rotatable bonds is 17. The molecule has 17 unspecified atom stereocenters. The molecule has 0 heterocycles. The van der Waals surface area contributed by atoms with Gasteiger partial charge in [-0.3, -0.25) is 0 Å². The van der Waals surface area contributed by atoms with Gasteiger partial charge < -0.3 is 0 Å². The van der Waals surface area contributed by atoms with Gasteiger partial charge in [-0.15, -0.1) is 157 Å². The van der Waals surface area contributed by atoms with Crippen molar-refractivity contribution in [3.05, 3.63) is 479 Å². The van der Waals surface area contributed by atoms with Crippen LogP contribution < -0.4 is 47.7 Å². The van der Waals surface area contributed by atoms with Crippen molar-refractivity contribution < 1.29 is 0 Å². The Labute approximate surface area is 936 Å². The fourth-order valence-corrected chi connectivity index (χ4v) is 21.8. The van der Waals surface area contributed by atoms with Crippen molar-refractivity contribution in [1.82, 2.24) is 0 Å². The van der Waals surface area contributed by atoms with Gasteiger partial charge in [0.25, 0.3) is 0 Å². The molecule has 0 aliphatic carbocycles. The van der Waals surface area contributed by atoms with Gasteiger partial charge in [-0.05, 0) is 430 Å². The lowest BCUT2D eigenvalue weighted by molar-refractivity contribution is 1.28. The Balaban J connectivity index is 0.000000172. The van der Waals surface area contributed by atoms with Crippen molar-refractivity contribution in [3.63, 3.8) is 0 Å². The Morgan fingerprint density at radius 1 is 0.128 bits per heavy atom. The van der Waals surface area contributed by atoms with Crippen LogP contribution in [-0.4, -0.2) is 0 Å². The van der Waals surface area contributed by atoms with Gasteiger partial charge >= 0.3 is 0 Å². The van der Waals surface area contributed by atoms with Crippen LogP contribution in [0.2, 0.25) is 0 Å². The summed E-state index contributed by atoms with van der Waals surface area (Å²) < 4.78 is 0. The summed E-state index contributed by atoms with van der Waals surface area (Å²) in [6, 6.07) is 126. The maximum Gasteiger partial charge on any atom is -0.0125 e. The zero-order valence-corrected chi connectivity index (χ0v) is 110. The third-order valence-corrected chi connectivity index (χ3v) is 34.9. The van der Waals surface area contributed by atoms with E-state index >= 15 is 0 Å². The van der Waals surface area contributed by atoms with E-state index in [2.05, 4.69) is 614 Å². The standard InChI is InChI=1S/4C15H19P3.2C15H17P.3C14H15P/c1-10-4-14(18)2-3-15(10)13-6-11(8-16)5-12(7-13)9-17;1-10-4-13(2-3-15(10)18)14-6-11(8-16)5-12(7-14)9-17;1-10-6-11(4-5-15(10)18)12-2-3-13(8-16)14(7-12)9-17;1-10-6-14(18)4-5-15(10)11-2-3-12(8-16)13(7-11)9-17;2*1-10-4-5-13(8-11(10)2)14-6-7-15(16)12(3)9-14;1-10-3-8-14(11(2)9-10)12-4-6-13(15)7-5-12;1-10-3-5-12(6-4-10)14-8-7-13(15)9-11(14)2;1-10-3-4-13(9-11(10)2)12-5-7-14(15)8-6-12/h4*2-7H,8-9,16-18H2,1H3;2*4-9H,16H2,1-3H3;3*3-9H,15H2,1-2H3. The minimum Gasteiger partial charge on any atom is -0.133 e. The van der Waals surface area contributed by atoms with E-state index in [1.54, 1.807) is 0 Å². The van der Waals surface area contributed by atoms with Gasteiger partial charge in [0.15, 0.2) is 0 Å². The Morgan fingerprint density at radius 3 is 0.664 bits per heavy atom. The molecule has 0 aliphatic rings. The Kier molecular flexibility index (Phi) is 51.9. The molecule has 149 heavy (non-hydrogen) atoms. The van der Waals surface area contributed by atoms with Crippen LogP contribution in [0.1, 0.15) is 134 Å². The maximum absolute atomic E-state index is 2.82. The number of aryl methyl sites for hydroxylation is 16. The maximum atomic E-state index is 2.82. The van der Waals surface area contributed by atoms with E-state index in [1.165, 1.54) is 281 Å². The lowest BCUT2D eigenvalue weighted by atomic mass is 9.97. The van der Waals surface area contributed by atoms with Gasteiger partial charge in [0.1, 0.15) is 0 Å². The quantitative estimate of drug-likeness (QED) is 0.0797. The number of benzene rings is 18. The van der Waals surface area contributed by atoms with Crippen molar-refractivity contribution in [3.8, 4) is 100 Å². The van der Waals surface area contributed by atoms with Crippen LogP contribution in [0.25, 0.3) is 100 Å². The van der Waals surface area contributed by atoms with Crippen LogP contribution in [0.4, 0.5) is 0 Å². The third-order valence-electron chi connectivity index (χ3n) is 26.9. The van der Waals surface area contributed by atoms with Crippen LogP contribution in [0.15, 0.2) is 346 Å². The lowest BCUT2D eigenvalue weighted by Gasteiger charge is -2.11. The third kappa shape index (κ3) is 38.1. The van der Waals surface area contributed by atoms with Gasteiger partial charge in [-0.1, -0.05) is 357 Å². The smallest absolute Gasteiger partial charge is 0.0125 e. The van der Waals surface area contributed by atoms with Gasteiger partial charge in [-0.25, -0.2) is 0 Å². The molecule has 0 saturated carbocycles. The second kappa shape index (κ2) is 62.3. The monoisotopic (exact) mass is 2270 g/mol. The number of hydrogen-bond acceptors (Lipinski definition) is 0. The summed E-state index contributed by atoms with van der Waals surface area (Å²) >= 11 is 0. The molecule has 0 spiro atoms. The first-order valence-electron chi connectivity index (χ1n) is 50.5. The topological polar surface area (TPSA) is 0 Å². The van der Waals surface area contributed by atoms with E-state index in [1.807, 2.05) is 0 Å². The molecule has 0 saturated heterocycles. The molecular formula is C132H155P17. The Hall–Kier alpha value is -6.73. The van der Waals surface area contributed by atoms with Crippen molar-refractivity contribution in [2.45, 2.75) is 160 Å². The highest BCUT2D eigenvalue weighted by Crippen LogP contribution is 2.36. The summed E-state index contributed by atoms with van der Waals surface area (Å²) in [6.07, 6.45) is 8.09. The highest BCUT2D eigenvalue weighted by atomic mass is 31.0. The van der Waals surface area contributed by atoms with Crippen LogP contribution in [0.3, 0.4) is 0 Å². The lowest BCUT2D eigenvalue weighted by Crippen LogP contribution is -1.96. The summed E-state index contributed by atoms with van der Waals surface area (Å²) in [7, 11) is 47.2. The van der Waals surface area contributed by atoms with Crippen LogP contribution in [0.5, 0.6) is 0 Å². The molecule has 0 bridgehead atoms. The molecule has 17 atom stereocenters. The molecule has 0 aliphatic heterocycles. The molecule has 18 aromatic rings. The predicted molar refractivity (Wildman–Crippen MR) is 734 cm³/mol. The van der Waals surface area contributed by atoms with Crippen molar-refractivity contribution in [1.29, 1.82) is 0 Å². The normalized spacial score (nSPS) is 10.5. The fraction of sp³-hybridized carbons (Fsp3) is 0.182. The van der Waals surface area contributed by atoms with Gasteiger partial charge in [0.2, 0.25) is 0 Å². The first kappa shape index (κ1) is 124. The van der Waals surface area contributed by atoms with Gasteiger partial charge in [0, 0.05) is 0 Å². The number of hydrogen-bond donors (Lipinski definition) is 0. The minimum absolute atomic E-state index is 1.01. The zero-order chi connectivity index (χ0) is 108. The molecule has 0 nitrogen and oxygen atoms in total. The van der Waals surface area contributed by atoms with E-state index < -0.39 is 0 Å². The van der Waals surface area contributed by atoms with Crippen molar-refractivity contribution in [2.75, 3.05) is 0 Å². The van der Waals surface area contributed by atoms with E-state index in [9.17, 15) is 0 Å². The predicted octanol–water partition coefficient (Wildman–Crippen LogP) is 33.6. The largest absolute Gasteiger partial charge is 0.133 e. The summed E-state index contributed by atoms with van der Waals surface area (Å²) in [5.41, 5.74) is 56.1. The Morgan fingerprint density at radius 2 is 0.356 bits per heavy atom. The van der Waals surface area contributed by atoms with E-state index in [0.717, 1.165) is 49.3 Å².